The van der Waals surface area contributed by atoms with Crippen molar-refractivity contribution in [1.82, 2.24) is 9.55 Å². The van der Waals surface area contributed by atoms with Crippen molar-refractivity contribution in [1.29, 1.82) is 0 Å². The first-order valence-corrected chi connectivity index (χ1v) is 3.18. The van der Waals surface area contributed by atoms with Crippen molar-refractivity contribution >= 4 is 11.6 Å². The number of aromatic amines is 1. The van der Waals surface area contributed by atoms with Crippen LogP contribution < -0.4 is 5.69 Å². The van der Waals surface area contributed by atoms with Crippen LogP contribution in [0.3, 0.4) is 0 Å². The maximum Gasteiger partial charge on any atom is 0.326 e. The number of aliphatic hydroxyl groups excluding tert-OH is 1. The third kappa shape index (κ3) is 1.22. The summed E-state index contributed by atoms with van der Waals surface area (Å²) in [6, 6.07) is 0. The molecule has 1 aromatic heterocycles. The minimum absolute atomic E-state index is 0.0858. The molecule has 0 aliphatic heterocycles. The molecule has 0 bridgehead atoms. The molecule has 0 unspecified atom stereocenters. The first-order valence-electron chi connectivity index (χ1n) is 2.80. The van der Waals surface area contributed by atoms with Crippen LogP contribution in [-0.4, -0.2) is 21.3 Å². The average molecular weight is 163 g/mol. The number of nitrogens with one attached hydrogen (secondary N) is 1. The zero-order chi connectivity index (χ0) is 7.56. The molecule has 0 atom stereocenters. The lowest BCUT2D eigenvalue weighted by atomic mass is 10.7. The van der Waals surface area contributed by atoms with E-state index in [9.17, 15) is 4.79 Å². The van der Waals surface area contributed by atoms with E-state index >= 15 is 0 Å². The fourth-order valence-electron chi connectivity index (χ4n) is 0.682. The van der Waals surface area contributed by atoms with Crippen molar-refractivity contribution in [3.8, 4) is 0 Å². The molecular formula is C5H7ClN2O2. The number of hydrogen-bond donors (Lipinski definition) is 2. The SMILES string of the molecule is O=c1[nH]cc(Cl)n1CCO. The van der Waals surface area contributed by atoms with E-state index in [2.05, 4.69) is 4.98 Å². The Balaban J connectivity index is 2.99. The number of aliphatic hydroxyl groups is 1. The van der Waals surface area contributed by atoms with Gasteiger partial charge in [-0.05, 0) is 0 Å². The Kier molecular flexibility index (Phi) is 2.13. The summed E-state index contributed by atoms with van der Waals surface area (Å²) in [6.45, 7) is 0.151. The number of rotatable bonds is 2. The Morgan fingerprint density at radius 1 is 1.80 bits per heavy atom. The highest BCUT2D eigenvalue weighted by molar-refractivity contribution is 6.29. The Morgan fingerprint density at radius 2 is 2.50 bits per heavy atom. The van der Waals surface area contributed by atoms with E-state index in [1.54, 1.807) is 0 Å². The van der Waals surface area contributed by atoms with Crippen molar-refractivity contribution in [3.05, 3.63) is 21.8 Å². The predicted molar refractivity (Wildman–Crippen MR) is 37.1 cm³/mol. The second kappa shape index (κ2) is 2.90. The summed E-state index contributed by atoms with van der Waals surface area (Å²) in [7, 11) is 0. The van der Waals surface area contributed by atoms with Crippen LogP contribution in [0.4, 0.5) is 0 Å². The lowest BCUT2D eigenvalue weighted by molar-refractivity contribution is 0.274. The first kappa shape index (κ1) is 7.37. The molecule has 0 aliphatic carbocycles. The fraction of sp³-hybridized carbons (Fsp3) is 0.400. The van der Waals surface area contributed by atoms with Gasteiger partial charge in [0.15, 0.2) is 0 Å². The average Bonchev–Trinajstić information content (AvgIpc) is 2.20. The number of imidazole rings is 1. The van der Waals surface area contributed by atoms with E-state index < -0.39 is 0 Å². The zero-order valence-corrected chi connectivity index (χ0v) is 5.93. The Labute approximate surface area is 62.1 Å². The Hall–Kier alpha value is -0.740. The number of nitrogens with zero attached hydrogens (tertiary/aromatic N) is 1. The minimum atomic E-state index is -0.293. The smallest absolute Gasteiger partial charge is 0.326 e. The molecule has 0 saturated heterocycles. The molecule has 0 amide bonds. The second-order valence-corrected chi connectivity index (χ2v) is 2.18. The monoisotopic (exact) mass is 162 g/mol. The molecule has 1 rings (SSSR count). The van der Waals surface area contributed by atoms with Gasteiger partial charge in [-0.2, -0.15) is 0 Å². The van der Waals surface area contributed by atoms with Crippen LogP contribution in [0.1, 0.15) is 0 Å². The highest BCUT2D eigenvalue weighted by Crippen LogP contribution is 2.01. The van der Waals surface area contributed by atoms with Gasteiger partial charge in [0.1, 0.15) is 5.15 Å². The maximum absolute atomic E-state index is 10.7. The summed E-state index contributed by atoms with van der Waals surface area (Å²) in [5.41, 5.74) is -0.293. The summed E-state index contributed by atoms with van der Waals surface area (Å²) >= 11 is 5.54. The molecule has 0 aliphatic rings. The predicted octanol–water partition coefficient (Wildman–Crippen LogP) is -0.178. The zero-order valence-electron chi connectivity index (χ0n) is 5.17. The van der Waals surface area contributed by atoms with Crippen LogP contribution in [0.5, 0.6) is 0 Å². The fourth-order valence-corrected chi connectivity index (χ4v) is 0.898. The lowest BCUT2D eigenvalue weighted by Crippen LogP contribution is -2.18. The number of H-pyrrole nitrogens is 1. The third-order valence-corrected chi connectivity index (χ3v) is 1.45. The van der Waals surface area contributed by atoms with Gasteiger partial charge in [-0.25, -0.2) is 4.79 Å². The summed E-state index contributed by atoms with van der Waals surface area (Å²) in [4.78, 5) is 13.1. The molecule has 0 radical (unpaired) electrons. The highest BCUT2D eigenvalue weighted by atomic mass is 35.5. The quantitative estimate of drug-likeness (QED) is 0.634. The van der Waals surface area contributed by atoms with Crippen molar-refractivity contribution in [2.75, 3.05) is 6.61 Å². The third-order valence-electron chi connectivity index (χ3n) is 1.14. The van der Waals surface area contributed by atoms with Crippen LogP contribution in [0.25, 0.3) is 0 Å². The molecule has 0 aromatic carbocycles. The molecule has 0 spiro atoms. The second-order valence-electron chi connectivity index (χ2n) is 1.79. The summed E-state index contributed by atoms with van der Waals surface area (Å²) in [5.74, 6) is 0. The summed E-state index contributed by atoms with van der Waals surface area (Å²) < 4.78 is 1.25. The van der Waals surface area contributed by atoms with Crippen molar-refractivity contribution in [3.63, 3.8) is 0 Å². The number of halogens is 1. The van der Waals surface area contributed by atoms with Gasteiger partial charge < -0.3 is 10.1 Å². The maximum atomic E-state index is 10.7. The molecule has 0 saturated carbocycles. The van der Waals surface area contributed by atoms with E-state index in [4.69, 9.17) is 16.7 Å². The minimum Gasteiger partial charge on any atom is -0.395 e. The molecule has 0 fully saturated rings. The molecule has 10 heavy (non-hydrogen) atoms. The van der Waals surface area contributed by atoms with E-state index in [0.717, 1.165) is 0 Å². The van der Waals surface area contributed by atoms with Crippen LogP contribution in [0.2, 0.25) is 5.15 Å². The Bertz CT molecular complexity index is 265. The van der Waals surface area contributed by atoms with Gasteiger partial charge in [-0.3, -0.25) is 4.57 Å². The standard InChI is InChI=1S/C5H7ClN2O2/c6-4-3-7-5(10)8(4)1-2-9/h3,9H,1-2H2,(H,7,10). The number of hydrogen-bond acceptors (Lipinski definition) is 2. The lowest BCUT2D eigenvalue weighted by Gasteiger charge is -1.95. The van der Waals surface area contributed by atoms with Crippen molar-refractivity contribution in [2.45, 2.75) is 6.54 Å². The molecular weight excluding hydrogens is 156 g/mol. The first-order chi connectivity index (χ1) is 4.75. The summed E-state index contributed by atoms with van der Waals surface area (Å²) in [6.07, 6.45) is 1.39. The molecule has 1 heterocycles. The molecule has 5 heteroatoms. The van der Waals surface area contributed by atoms with E-state index in [-0.39, 0.29) is 18.8 Å². The van der Waals surface area contributed by atoms with Crippen LogP contribution in [0, 0.1) is 0 Å². The van der Waals surface area contributed by atoms with Crippen molar-refractivity contribution < 1.29 is 5.11 Å². The Morgan fingerprint density at radius 3 is 2.90 bits per heavy atom. The topological polar surface area (TPSA) is 58.0 Å². The number of aromatic nitrogens is 2. The molecule has 4 nitrogen and oxygen atoms in total. The van der Waals surface area contributed by atoms with Gasteiger partial charge >= 0.3 is 5.69 Å². The van der Waals surface area contributed by atoms with E-state index in [0.29, 0.717) is 5.15 Å². The van der Waals surface area contributed by atoms with Crippen LogP contribution >= 0.6 is 11.6 Å². The normalized spacial score (nSPS) is 10.2. The van der Waals surface area contributed by atoms with Crippen molar-refractivity contribution in [2.24, 2.45) is 0 Å². The van der Waals surface area contributed by atoms with Gasteiger partial charge in [0.2, 0.25) is 0 Å². The van der Waals surface area contributed by atoms with Gasteiger partial charge in [0, 0.05) is 6.20 Å². The van der Waals surface area contributed by atoms with Gasteiger partial charge in [0.05, 0.1) is 13.2 Å². The molecule has 56 valence electrons. The van der Waals surface area contributed by atoms with Crippen LogP contribution in [-0.2, 0) is 6.54 Å². The van der Waals surface area contributed by atoms with Gasteiger partial charge in [0.25, 0.3) is 0 Å². The van der Waals surface area contributed by atoms with E-state index in [1.165, 1.54) is 10.8 Å². The van der Waals surface area contributed by atoms with Gasteiger partial charge in [-0.15, -0.1) is 0 Å². The summed E-state index contributed by atoms with van der Waals surface area (Å²) in [5, 5.41) is 8.77. The molecule has 2 N–H and O–H groups in total. The van der Waals surface area contributed by atoms with Crippen LogP contribution in [0.15, 0.2) is 11.0 Å². The largest absolute Gasteiger partial charge is 0.395 e. The van der Waals surface area contributed by atoms with E-state index in [1.807, 2.05) is 0 Å². The molecule has 1 aromatic rings. The van der Waals surface area contributed by atoms with Gasteiger partial charge in [-0.1, -0.05) is 11.6 Å². The highest BCUT2D eigenvalue weighted by Gasteiger charge is 2.00.